The van der Waals surface area contributed by atoms with Crippen LogP contribution in [-0.4, -0.2) is 24.2 Å². The van der Waals surface area contributed by atoms with Gasteiger partial charge in [-0.3, -0.25) is 16.3 Å². The molecule has 0 saturated carbocycles. The number of hydrazine groups is 1. The molecule has 1 aliphatic rings. The first kappa shape index (κ1) is 12.3. The smallest absolute Gasteiger partial charge is 0.0509 e. The molecule has 1 aliphatic heterocycles. The minimum absolute atomic E-state index is 0.196. The average molecular weight is 236 g/mol. The molecule has 2 unspecified atom stereocenters. The Balaban J connectivity index is 2.01. The van der Waals surface area contributed by atoms with Crippen molar-refractivity contribution >= 4 is 5.69 Å². The van der Waals surface area contributed by atoms with E-state index in [1.807, 2.05) is 12.3 Å². The molecule has 2 rings (SSSR count). The lowest BCUT2D eigenvalue weighted by molar-refractivity contribution is 0.0393. The number of hydrogen-bond acceptors (Lipinski definition) is 5. The number of pyridine rings is 1. The van der Waals surface area contributed by atoms with Crippen molar-refractivity contribution in [3.8, 4) is 0 Å². The number of aromatic nitrogens is 1. The standard InChI is InChI=1S/C12H20N4O/c13-11-3-4-15-7-10(11)6-12(16-14)9-2-1-5-17-8-9/h3-4,7,9,12,16H,1-2,5-6,8,14H2,(H2,13,15). The van der Waals surface area contributed by atoms with E-state index in [2.05, 4.69) is 10.4 Å². The average Bonchev–Trinajstić information content (AvgIpc) is 2.39. The van der Waals surface area contributed by atoms with Crippen LogP contribution in [0, 0.1) is 5.92 Å². The van der Waals surface area contributed by atoms with Gasteiger partial charge in [-0.25, -0.2) is 0 Å². The van der Waals surface area contributed by atoms with E-state index >= 15 is 0 Å². The molecule has 2 heterocycles. The van der Waals surface area contributed by atoms with E-state index < -0.39 is 0 Å². The van der Waals surface area contributed by atoms with Crippen LogP contribution >= 0.6 is 0 Å². The maximum atomic E-state index is 5.91. The van der Waals surface area contributed by atoms with Gasteiger partial charge in [-0.15, -0.1) is 0 Å². The fourth-order valence-electron chi connectivity index (χ4n) is 2.29. The minimum Gasteiger partial charge on any atom is -0.398 e. The van der Waals surface area contributed by atoms with Gasteiger partial charge < -0.3 is 10.5 Å². The van der Waals surface area contributed by atoms with Crippen molar-refractivity contribution in [1.29, 1.82) is 0 Å². The summed E-state index contributed by atoms with van der Waals surface area (Å²) in [6.45, 7) is 1.64. The number of hydrogen-bond donors (Lipinski definition) is 3. The van der Waals surface area contributed by atoms with Gasteiger partial charge in [-0.05, 0) is 36.8 Å². The lowest BCUT2D eigenvalue weighted by atomic mass is 9.90. The van der Waals surface area contributed by atoms with Crippen molar-refractivity contribution in [2.45, 2.75) is 25.3 Å². The van der Waals surface area contributed by atoms with E-state index in [0.717, 1.165) is 43.7 Å². The monoisotopic (exact) mass is 236 g/mol. The zero-order valence-corrected chi connectivity index (χ0v) is 9.93. The maximum absolute atomic E-state index is 5.91. The number of nitrogens with two attached hydrogens (primary N) is 2. The third kappa shape index (κ3) is 3.15. The molecule has 5 heteroatoms. The SMILES string of the molecule is NNC(Cc1cnccc1N)C1CCCOC1. The van der Waals surface area contributed by atoms with Gasteiger partial charge in [0.1, 0.15) is 0 Å². The Morgan fingerprint density at radius 2 is 2.47 bits per heavy atom. The van der Waals surface area contributed by atoms with Crippen LogP contribution < -0.4 is 17.0 Å². The molecule has 0 amide bonds. The second-order valence-electron chi connectivity index (χ2n) is 4.53. The molecule has 1 aromatic rings. The number of nitrogens with zero attached hydrogens (tertiary/aromatic N) is 1. The Labute approximate surface area is 102 Å². The predicted molar refractivity (Wildman–Crippen MR) is 67.0 cm³/mol. The lowest BCUT2D eigenvalue weighted by Gasteiger charge is -2.30. The number of rotatable bonds is 4. The Hall–Kier alpha value is -1.17. The maximum Gasteiger partial charge on any atom is 0.0509 e. The molecular weight excluding hydrogens is 216 g/mol. The molecular formula is C12H20N4O. The Morgan fingerprint density at radius 3 is 3.12 bits per heavy atom. The molecule has 0 radical (unpaired) electrons. The van der Waals surface area contributed by atoms with Gasteiger partial charge in [0.05, 0.1) is 6.61 Å². The molecule has 0 spiro atoms. The van der Waals surface area contributed by atoms with Gasteiger partial charge in [0, 0.05) is 30.7 Å². The summed E-state index contributed by atoms with van der Waals surface area (Å²) >= 11 is 0. The molecule has 1 saturated heterocycles. The third-order valence-electron chi connectivity index (χ3n) is 3.36. The fraction of sp³-hybridized carbons (Fsp3) is 0.583. The summed E-state index contributed by atoms with van der Waals surface area (Å²) < 4.78 is 5.49. The van der Waals surface area contributed by atoms with Gasteiger partial charge in [0.25, 0.3) is 0 Å². The van der Waals surface area contributed by atoms with E-state index in [4.69, 9.17) is 16.3 Å². The Bertz CT molecular complexity index is 352. The molecule has 2 atom stereocenters. The van der Waals surface area contributed by atoms with Crippen LogP contribution in [0.25, 0.3) is 0 Å². The van der Waals surface area contributed by atoms with Gasteiger partial charge in [0.2, 0.25) is 0 Å². The number of anilines is 1. The predicted octanol–water partition coefficient (Wildman–Crippen LogP) is 0.465. The minimum atomic E-state index is 0.196. The van der Waals surface area contributed by atoms with E-state index in [0.29, 0.717) is 5.92 Å². The zero-order chi connectivity index (χ0) is 12.1. The fourth-order valence-corrected chi connectivity index (χ4v) is 2.29. The Morgan fingerprint density at radius 1 is 1.59 bits per heavy atom. The van der Waals surface area contributed by atoms with E-state index in [-0.39, 0.29) is 6.04 Å². The van der Waals surface area contributed by atoms with E-state index in [9.17, 15) is 0 Å². The van der Waals surface area contributed by atoms with Crippen molar-refractivity contribution in [1.82, 2.24) is 10.4 Å². The van der Waals surface area contributed by atoms with Crippen molar-refractivity contribution in [2.75, 3.05) is 18.9 Å². The largest absolute Gasteiger partial charge is 0.398 e. The number of ether oxygens (including phenoxy) is 1. The first-order chi connectivity index (χ1) is 8.31. The summed E-state index contributed by atoms with van der Waals surface area (Å²) in [5.74, 6) is 6.09. The van der Waals surface area contributed by atoms with Crippen molar-refractivity contribution in [3.63, 3.8) is 0 Å². The van der Waals surface area contributed by atoms with E-state index in [1.165, 1.54) is 0 Å². The molecule has 17 heavy (non-hydrogen) atoms. The molecule has 1 aromatic heterocycles. The van der Waals surface area contributed by atoms with Crippen LogP contribution in [0.1, 0.15) is 18.4 Å². The van der Waals surface area contributed by atoms with Crippen LogP contribution in [0.3, 0.4) is 0 Å². The molecule has 1 fully saturated rings. The van der Waals surface area contributed by atoms with Gasteiger partial charge in [-0.2, -0.15) is 0 Å². The topological polar surface area (TPSA) is 86.2 Å². The summed E-state index contributed by atoms with van der Waals surface area (Å²) in [5.41, 5.74) is 10.6. The van der Waals surface area contributed by atoms with Crippen LogP contribution in [-0.2, 0) is 11.2 Å². The van der Waals surface area contributed by atoms with E-state index in [1.54, 1.807) is 6.20 Å². The third-order valence-corrected chi connectivity index (χ3v) is 3.36. The highest BCUT2D eigenvalue weighted by Crippen LogP contribution is 2.21. The molecule has 5 nitrogen and oxygen atoms in total. The van der Waals surface area contributed by atoms with Gasteiger partial charge >= 0.3 is 0 Å². The summed E-state index contributed by atoms with van der Waals surface area (Å²) in [6.07, 6.45) is 6.56. The van der Waals surface area contributed by atoms with Crippen LogP contribution in [0.4, 0.5) is 5.69 Å². The highest BCUT2D eigenvalue weighted by atomic mass is 16.5. The summed E-state index contributed by atoms with van der Waals surface area (Å²) in [5, 5.41) is 0. The molecule has 0 bridgehead atoms. The first-order valence-electron chi connectivity index (χ1n) is 6.03. The molecule has 0 aliphatic carbocycles. The highest BCUT2D eigenvalue weighted by molar-refractivity contribution is 5.44. The van der Waals surface area contributed by atoms with Crippen molar-refractivity contribution in [3.05, 3.63) is 24.0 Å². The normalized spacial score (nSPS) is 22.3. The molecule has 0 aromatic carbocycles. The Kier molecular flexibility index (Phi) is 4.30. The first-order valence-corrected chi connectivity index (χ1v) is 6.03. The van der Waals surface area contributed by atoms with Gasteiger partial charge in [-0.1, -0.05) is 0 Å². The number of nitrogens with one attached hydrogen (secondary N) is 1. The second kappa shape index (κ2) is 5.95. The van der Waals surface area contributed by atoms with Crippen molar-refractivity contribution in [2.24, 2.45) is 11.8 Å². The summed E-state index contributed by atoms with van der Waals surface area (Å²) in [6, 6.07) is 2.02. The molecule has 94 valence electrons. The highest BCUT2D eigenvalue weighted by Gasteiger charge is 2.24. The zero-order valence-electron chi connectivity index (χ0n) is 9.93. The summed E-state index contributed by atoms with van der Waals surface area (Å²) in [4.78, 5) is 4.10. The molecule has 5 N–H and O–H groups in total. The lowest BCUT2D eigenvalue weighted by Crippen LogP contribution is -2.45. The van der Waals surface area contributed by atoms with Crippen LogP contribution in [0.5, 0.6) is 0 Å². The summed E-state index contributed by atoms with van der Waals surface area (Å²) in [7, 11) is 0. The van der Waals surface area contributed by atoms with Crippen LogP contribution in [0.15, 0.2) is 18.5 Å². The van der Waals surface area contributed by atoms with Crippen molar-refractivity contribution < 1.29 is 4.74 Å². The number of nitrogen functional groups attached to an aromatic ring is 1. The van der Waals surface area contributed by atoms with Crippen LogP contribution in [0.2, 0.25) is 0 Å². The second-order valence-corrected chi connectivity index (χ2v) is 4.53. The quantitative estimate of drug-likeness (QED) is 0.522. The van der Waals surface area contributed by atoms with Gasteiger partial charge in [0.15, 0.2) is 0 Å².